The molecule has 1 fully saturated rings. The van der Waals surface area contributed by atoms with Crippen molar-refractivity contribution in [3.8, 4) is 0 Å². The number of aliphatic hydroxyl groups excluding tert-OH is 1. The second-order valence-corrected chi connectivity index (χ2v) is 5.66. The SMILES string of the molecule is CC(O)OC1CC(C)(C)NC(C)(C)C1. The largest absolute Gasteiger partial charge is 0.368 e. The number of hydrogen-bond donors (Lipinski definition) is 2. The Morgan fingerprint density at radius 3 is 2.00 bits per heavy atom. The van der Waals surface area contributed by atoms with Gasteiger partial charge in [0.1, 0.15) is 0 Å². The fourth-order valence-electron chi connectivity index (χ4n) is 2.60. The maximum atomic E-state index is 9.20. The van der Waals surface area contributed by atoms with Crippen LogP contribution in [0.4, 0.5) is 0 Å². The third-order valence-electron chi connectivity index (χ3n) is 2.54. The van der Waals surface area contributed by atoms with Crippen LogP contribution in [-0.4, -0.2) is 28.6 Å². The van der Waals surface area contributed by atoms with Crippen molar-refractivity contribution in [2.75, 3.05) is 0 Å². The molecule has 1 heterocycles. The number of aliphatic hydroxyl groups is 1. The minimum atomic E-state index is -0.662. The second kappa shape index (κ2) is 3.80. The highest BCUT2D eigenvalue weighted by atomic mass is 16.6. The van der Waals surface area contributed by atoms with Crippen LogP contribution < -0.4 is 5.32 Å². The molecule has 0 aliphatic carbocycles. The van der Waals surface area contributed by atoms with Gasteiger partial charge in [-0.25, -0.2) is 0 Å². The van der Waals surface area contributed by atoms with E-state index in [-0.39, 0.29) is 17.2 Å². The van der Waals surface area contributed by atoms with E-state index in [0.717, 1.165) is 12.8 Å². The van der Waals surface area contributed by atoms with Crippen LogP contribution in [0.25, 0.3) is 0 Å². The average molecular weight is 201 g/mol. The Bertz CT molecular complexity index is 183. The molecule has 0 radical (unpaired) electrons. The Labute approximate surface area is 86.8 Å². The van der Waals surface area contributed by atoms with Gasteiger partial charge in [-0.3, -0.25) is 0 Å². The summed E-state index contributed by atoms with van der Waals surface area (Å²) in [4.78, 5) is 0. The smallest absolute Gasteiger partial charge is 0.152 e. The number of hydrogen-bond acceptors (Lipinski definition) is 3. The molecule has 3 nitrogen and oxygen atoms in total. The van der Waals surface area contributed by atoms with Crippen molar-refractivity contribution in [1.29, 1.82) is 0 Å². The van der Waals surface area contributed by atoms with Gasteiger partial charge in [-0.15, -0.1) is 0 Å². The summed E-state index contributed by atoms with van der Waals surface area (Å²) in [5, 5.41) is 12.8. The van der Waals surface area contributed by atoms with E-state index in [1.54, 1.807) is 6.92 Å². The quantitative estimate of drug-likeness (QED) is 0.667. The molecule has 1 aliphatic rings. The zero-order chi connectivity index (χ0) is 11.0. The molecule has 0 aromatic rings. The summed E-state index contributed by atoms with van der Waals surface area (Å²) < 4.78 is 5.48. The van der Waals surface area contributed by atoms with Crippen molar-refractivity contribution in [1.82, 2.24) is 5.32 Å². The molecule has 1 aliphatic heterocycles. The first-order chi connectivity index (χ1) is 6.20. The van der Waals surface area contributed by atoms with Crippen LogP contribution >= 0.6 is 0 Å². The fraction of sp³-hybridized carbons (Fsp3) is 1.00. The van der Waals surface area contributed by atoms with Crippen LogP contribution in [0.3, 0.4) is 0 Å². The van der Waals surface area contributed by atoms with E-state index >= 15 is 0 Å². The first-order valence-corrected chi connectivity index (χ1v) is 5.33. The van der Waals surface area contributed by atoms with E-state index in [0.29, 0.717) is 0 Å². The highest BCUT2D eigenvalue weighted by Crippen LogP contribution is 2.30. The summed E-state index contributed by atoms with van der Waals surface area (Å²) in [6, 6.07) is 0. The van der Waals surface area contributed by atoms with Gasteiger partial charge in [-0.05, 0) is 47.5 Å². The first kappa shape index (κ1) is 12.0. The maximum absolute atomic E-state index is 9.20. The molecule has 14 heavy (non-hydrogen) atoms. The number of piperidine rings is 1. The Kier molecular flexibility index (Phi) is 3.24. The van der Waals surface area contributed by atoms with E-state index in [9.17, 15) is 5.11 Å². The normalized spacial score (nSPS) is 28.7. The highest BCUT2D eigenvalue weighted by molar-refractivity contribution is 4.97. The standard InChI is InChI=1S/C11H23NO2/c1-8(13)14-9-6-10(2,3)12-11(4,5)7-9/h8-9,12-13H,6-7H2,1-5H3. The molecule has 0 aromatic heterocycles. The van der Waals surface area contributed by atoms with Crippen molar-refractivity contribution in [2.45, 2.75) is 70.9 Å². The molecule has 1 rings (SSSR count). The Balaban J connectivity index is 2.62. The van der Waals surface area contributed by atoms with Crippen molar-refractivity contribution >= 4 is 0 Å². The van der Waals surface area contributed by atoms with Crippen molar-refractivity contribution < 1.29 is 9.84 Å². The van der Waals surface area contributed by atoms with Gasteiger partial charge in [-0.2, -0.15) is 0 Å². The molecule has 1 saturated heterocycles. The molecule has 0 bridgehead atoms. The van der Waals surface area contributed by atoms with Crippen molar-refractivity contribution in [2.24, 2.45) is 0 Å². The van der Waals surface area contributed by atoms with Gasteiger partial charge in [0.05, 0.1) is 6.10 Å². The molecule has 0 aromatic carbocycles. The van der Waals surface area contributed by atoms with Crippen LogP contribution in [0.5, 0.6) is 0 Å². The van der Waals surface area contributed by atoms with E-state index in [1.807, 2.05) is 0 Å². The molecular formula is C11H23NO2. The molecule has 0 spiro atoms. The lowest BCUT2D eigenvalue weighted by molar-refractivity contribution is -0.147. The lowest BCUT2D eigenvalue weighted by Crippen LogP contribution is -2.59. The molecule has 1 unspecified atom stereocenters. The number of nitrogens with one attached hydrogen (secondary N) is 1. The topological polar surface area (TPSA) is 41.5 Å². The third kappa shape index (κ3) is 3.56. The van der Waals surface area contributed by atoms with Crippen molar-refractivity contribution in [3.63, 3.8) is 0 Å². The van der Waals surface area contributed by atoms with Gasteiger partial charge in [0, 0.05) is 11.1 Å². The molecule has 84 valence electrons. The molecule has 0 amide bonds. The van der Waals surface area contributed by atoms with E-state index < -0.39 is 6.29 Å². The summed E-state index contributed by atoms with van der Waals surface area (Å²) in [6.07, 6.45) is 1.38. The summed E-state index contributed by atoms with van der Waals surface area (Å²) in [6.45, 7) is 10.4. The predicted octanol–water partition coefficient (Wildman–Crippen LogP) is 1.65. The first-order valence-electron chi connectivity index (χ1n) is 5.33. The Morgan fingerprint density at radius 2 is 1.64 bits per heavy atom. The molecule has 3 heteroatoms. The van der Waals surface area contributed by atoms with Gasteiger partial charge in [-0.1, -0.05) is 0 Å². The molecule has 1 atom stereocenters. The molecule has 2 N–H and O–H groups in total. The van der Waals surface area contributed by atoms with Gasteiger partial charge in [0.2, 0.25) is 0 Å². The lowest BCUT2D eigenvalue weighted by Gasteiger charge is -2.46. The Morgan fingerprint density at radius 1 is 1.21 bits per heavy atom. The van der Waals surface area contributed by atoms with E-state index in [4.69, 9.17) is 4.74 Å². The Hall–Kier alpha value is -0.120. The van der Waals surface area contributed by atoms with Crippen LogP contribution in [0, 0.1) is 0 Å². The van der Waals surface area contributed by atoms with Crippen molar-refractivity contribution in [3.05, 3.63) is 0 Å². The minimum absolute atomic E-state index is 0.0846. The average Bonchev–Trinajstić information content (AvgIpc) is 1.74. The van der Waals surface area contributed by atoms with Gasteiger partial charge in [0.25, 0.3) is 0 Å². The lowest BCUT2D eigenvalue weighted by atomic mass is 9.81. The predicted molar refractivity (Wildman–Crippen MR) is 57.1 cm³/mol. The van der Waals surface area contributed by atoms with E-state index in [1.165, 1.54) is 0 Å². The van der Waals surface area contributed by atoms with Gasteiger partial charge in [0.15, 0.2) is 6.29 Å². The molecule has 0 saturated carbocycles. The van der Waals surface area contributed by atoms with Crippen LogP contribution in [0.1, 0.15) is 47.5 Å². The van der Waals surface area contributed by atoms with E-state index in [2.05, 4.69) is 33.0 Å². The molecular weight excluding hydrogens is 178 g/mol. The highest BCUT2D eigenvalue weighted by Gasteiger charge is 2.38. The maximum Gasteiger partial charge on any atom is 0.152 e. The fourth-order valence-corrected chi connectivity index (χ4v) is 2.60. The summed E-state index contributed by atoms with van der Waals surface area (Å²) in [7, 11) is 0. The zero-order valence-corrected chi connectivity index (χ0v) is 9.92. The van der Waals surface area contributed by atoms with Crippen LogP contribution in [0.2, 0.25) is 0 Å². The third-order valence-corrected chi connectivity index (χ3v) is 2.54. The zero-order valence-electron chi connectivity index (χ0n) is 9.92. The second-order valence-electron chi connectivity index (χ2n) is 5.66. The minimum Gasteiger partial charge on any atom is -0.368 e. The summed E-state index contributed by atoms with van der Waals surface area (Å²) >= 11 is 0. The van der Waals surface area contributed by atoms with Gasteiger partial charge < -0.3 is 15.2 Å². The number of ether oxygens (including phenoxy) is 1. The number of rotatable bonds is 2. The van der Waals surface area contributed by atoms with Gasteiger partial charge >= 0.3 is 0 Å². The summed E-state index contributed by atoms with van der Waals surface area (Å²) in [5.74, 6) is 0. The summed E-state index contributed by atoms with van der Waals surface area (Å²) in [5.41, 5.74) is 0.169. The van der Waals surface area contributed by atoms with Crippen LogP contribution in [-0.2, 0) is 4.74 Å². The monoisotopic (exact) mass is 201 g/mol. The van der Waals surface area contributed by atoms with Crippen LogP contribution in [0.15, 0.2) is 0 Å².